The lowest BCUT2D eigenvalue weighted by atomic mass is 9.09. The summed E-state index contributed by atoms with van der Waals surface area (Å²) < 4.78 is 62.6. The lowest BCUT2D eigenvalue weighted by Crippen LogP contribution is -2.92. The van der Waals surface area contributed by atoms with Crippen molar-refractivity contribution in [1.29, 1.82) is 0 Å². The van der Waals surface area contributed by atoms with Crippen LogP contribution in [0.3, 0.4) is 0 Å². The quantitative estimate of drug-likeness (QED) is 0.515. The van der Waals surface area contributed by atoms with Gasteiger partial charge in [-0.1, -0.05) is 35.4 Å². The average Bonchev–Trinajstić information content (AvgIpc) is 2.78. The molecule has 0 amide bonds. The Labute approximate surface area is 200 Å². The predicted molar refractivity (Wildman–Crippen MR) is 124 cm³/mol. The molecule has 6 saturated carbocycles. The van der Waals surface area contributed by atoms with Crippen molar-refractivity contribution in [3.63, 3.8) is 0 Å². The number of fused-ring (bicyclic) bond motifs is 1. The van der Waals surface area contributed by atoms with Crippen LogP contribution in [0.2, 0.25) is 0 Å². The largest absolute Gasteiger partial charge is 0.296 e. The highest BCUT2D eigenvalue weighted by atomic mass is 32.2. The molecule has 8 rings (SSSR count). The molecule has 2 aromatic rings. The Balaban J connectivity index is 1.11. The van der Waals surface area contributed by atoms with Crippen LogP contribution < -0.4 is 0 Å². The zero-order valence-corrected chi connectivity index (χ0v) is 20.7. The maximum Gasteiger partial charge on any atom is 0.296 e. The van der Waals surface area contributed by atoms with Gasteiger partial charge < -0.3 is 0 Å². The molecule has 6 fully saturated rings. The zero-order valence-electron chi connectivity index (χ0n) is 19.1. The smallest absolute Gasteiger partial charge is 0.266 e. The molecular weight excluding hydrogens is 472 g/mol. The number of hydrogen-bond acceptors (Lipinski definition) is 6. The Kier molecular flexibility index (Phi) is 4.39. The van der Waals surface area contributed by atoms with Gasteiger partial charge in [-0.05, 0) is 97.3 Å². The number of benzene rings is 2. The molecule has 180 valence electrons. The van der Waals surface area contributed by atoms with E-state index in [2.05, 4.69) is 0 Å². The van der Waals surface area contributed by atoms with Crippen LogP contribution in [-0.2, 0) is 28.6 Å². The van der Waals surface area contributed by atoms with E-state index < -0.39 is 20.2 Å². The molecule has 0 spiro atoms. The van der Waals surface area contributed by atoms with Crippen molar-refractivity contribution in [2.75, 3.05) is 13.2 Å². The van der Waals surface area contributed by atoms with E-state index in [9.17, 15) is 16.8 Å². The van der Waals surface area contributed by atoms with Crippen LogP contribution in [0.1, 0.15) is 11.1 Å². The summed E-state index contributed by atoms with van der Waals surface area (Å²) in [5, 5.41) is 0. The van der Waals surface area contributed by atoms with Gasteiger partial charge in [0.2, 0.25) is 0 Å². The van der Waals surface area contributed by atoms with Gasteiger partial charge in [-0.2, -0.15) is 16.8 Å². The minimum absolute atomic E-state index is 0.0124. The van der Waals surface area contributed by atoms with E-state index in [1.807, 2.05) is 13.8 Å². The van der Waals surface area contributed by atoms with Gasteiger partial charge in [0.1, 0.15) is 0 Å². The van der Waals surface area contributed by atoms with Gasteiger partial charge in [0.05, 0.1) is 23.0 Å². The van der Waals surface area contributed by atoms with Crippen molar-refractivity contribution in [3.8, 4) is 0 Å². The predicted octanol–water partition coefficient (Wildman–Crippen LogP) is 3.64. The molecular formula is C26H28O6S2. The van der Waals surface area contributed by atoms with E-state index in [0.717, 1.165) is 23.0 Å². The molecule has 0 radical (unpaired) electrons. The second-order valence-corrected chi connectivity index (χ2v) is 14.3. The average molecular weight is 501 g/mol. The molecule has 0 aliphatic heterocycles. The first-order valence-electron chi connectivity index (χ1n) is 12.1. The molecule has 10 atom stereocenters. The van der Waals surface area contributed by atoms with Crippen LogP contribution in [0.25, 0.3) is 0 Å². The molecule has 0 aromatic heterocycles. The van der Waals surface area contributed by atoms with E-state index in [1.165, 1.54) is 0 Å². The summed E-state index contributed by atoms with van der Waals surface area (Å²) in [6.45, 7) is 4.01. The summed E-state index contributed by atoms with van der Waals surface area (Å²) in [7, 11) is -7.73. The maximum atomic E-state index is 12.8. The first-order chi connectivity index (χ1) is 16.2. The van der Waals surface area contributed by atoms with Crippen molar-refractivity contribution >= 4 is 20.2 Å². The second kappa shape index (κ2) is 6.93. The maximum absolute atomic E-state index is 12.8. The van der Waals surface area contributed by atoms with Gasteiger partial charge in [0.15, 0.2) is 0 Å². The summed E-state index contributed by atoms with van der Waals surface area (Å²) in [6, 6.07) is 13.3. The highest BCUT2D eigenvalue weighted by Gasteiger charge is 2.90. The number of aryl methyl sites for hydroxylation is 2. The van der Waals surface area contributed by atoms with Crippen molar-refractivity contribution in [2.24, 2.45) is 59.2 Å². The van der Waals surface area contributed by atoms with Gasteiger partial charge in [-0.3, -0.25) is 8.37 Å². The van der Waals surface area contributed by atoms with Crippen molar-refractivity contribution in [3.05, 3.63) is 59.7 Å². The fraction of sp³-hybridized carbons (Fsp3) is 0.538. The van der Waals surface area contributed by atoms with Crippen LogP contribution in [0, 0.1) is 73.0 Å². The monoisotopic (exact) mass is 500 g/mol. The van der Waals surface area contributed by atoms with E-state index in [1.54, 1.807) is 48.5 Å². The Morgan fingerprint density at radius 1 is 0.529 bits per heavy atom. The molecule has 4 unspecified atom stereocenters. The third-order valence-electron chi connectivity index (χ3n) is 9.88. The van der Waals surface area contributed by atoms with Crippen LogP contribution in [0.15, 0.2) is 58.3 Å². The lowest BCUT2D eigenvalue weighted by Gasteiger charge is -2.95. The molecule has 0 saturated heterocycles. The molecule has 34 heavy (non-hydrogen) atoms. The summed E-state index contributed by atoms with van der Waals surface area (Å²) in [4.78, 5) is 0.318. The zero-order chi connectivity index (χ0) is 23.6. The normalized spacial score (nSPS) is 40.4. The molecule has 6 aliphatic rings. The van der Waals surface area contributed by atoms with Gasteiger partial charge in [-0.15, -0.1) is 0 Å². The lowest BCUT2D eigenvalue weighted by molar-refractivity contribution is -0.487. The first kappa shape index (κ1) is 21.5. The van der Waals surface area contributed by atoms with Gasteiger partial charge in [0.25, 0.3) is 20.2 Å². The Morgan fingerprint density at radius 3 is 1.15 bits per heavy atom. The summed E-state index contributed by atoms with van der Waals surface area (Å²) in [5.74, 6) is 5.33. The Bertz CT molecular complexity index is 1240. The van der Waals surface area contributed by atoms with Gasteiger partial charge in [-0.25, -0.2) is 0 Å². The first-order valence-corrected chi connectivity index (χ1v) is 14.9. The van der Waals surface area contributed by atoms with E-state index >= 15 is 0 Å². The van der Waals surface area contributed by atoms with Crippen LogP contribution in [0.4, 0.5) is 0 Å². The molecule has 2 bridgehead atoms. The molecule has 6 nitrogen and oxygen atoms in total. The summed E-state index contributed by atoms with van der Waals surface area (Å²) in [5.41, 5.74) is 1.97. The Hall–Kier alpha value is -1.74. The van der Waals surface area contributed by atoms with Crippen LogP contribution >= 0.6 is 0 Å². The number of hydrogen-bond donors (Lipinski definition) is 0. The van der Waals surface area contributed by atoms with E-state index in [4.69, 9.17) is 8.37 Å². The topological polar surface area (TPSA) is 86.7 Å². The minimum atomic E-state index is -3.87. The molecule has 8 heteroatoms. The molecule has 6 aliphatic carbocycles. The third-order valence-corrected chi connectivity index (χ3v) is 12.5. The van der Waals surface area contributed by atoms with Gasteiger partial charge in [0, 0.05) is 0 Å². The van der Waals surface area contributed by atoms with Crippen LogP contribution in [0.5, 0.6) is 0 Å². The minimum Gasteiger partial charge on any atom is -0.266 e. The highest BCUT2D eigenvalue weighted by Crippen LogP contribution is 2.93. The fourth-order valence-electron chi connectivity index (χ4n) is 8.61. The van der Waals surface area contributed by atoms with Gasteiger partial charge >= 0.3 is 0 Å². The fourth-order valence-corrected chi connectivity index (χ4v) is 10.5. The van der Waals surface area contributed by atoms with Crippen molar-refractivity contribution < 1.29 is 25.2 Å². The van der Waals surface area contributed by atoms with E-state index in [0.29, 0.717) is 35.5 Å². The molecule has 0 N–H and O–H groups in total. The Morgan fingerprint density at radius 2 is 0.824 bits per heavy atom. The SMILES string of the molecule is Cc1ccc(S(=O)(=O)OC[C@@H]2C3[C@H]4C5C6[C@H]4C([C@H]6[C@@H]53)[C@@H]2COS(=O)(=O)c2ccc(C)cc2)cc1. The highest BCUT2D eigenvalue weighted by molar-refractivity contribution is 7.87. The molecule has 0 heterocycles. The number of rotatable bonds is 8. The third kappa shape index (κ3) is 2.68. The second-order valence-electron chi connectivity index (χ2n) is 11.0. The van der Waals surface area contributed by atoms with Crippen LogP contribution in [-0.4, -0.2) is 30.0 Å². The molecule has 2 aromatic carbocycles. The van der Waals surface area contributed by atoms with Crippen molar-refractivity contribution in [2.45, 2.75) is 23.6 Å². The standard InChI is InChI=1S/C26H28O6S2/c1-13-3-7-15(8-4-13)33(27,28)31-11-17-18(12-32-34(29,30)16-9-5-14(2)6-10-16)20-23-21-19(17)22-24(20)26(23)25(21)22/h3-10,17-26H,11-12H2,1-2H3/t17-,18+,19?,20?,21-,22+,23-,24-,25?,26?/m0/s1. The van der Waals surface area contributed by atoms with Crippen molar-refractivity contribution in [1.82, 2.24) is 0 Å². The summed E-state index contributed by atoms with van der Waals surface area (Å²) in [6.07, 6.45) is 0. The van der Waals surface area contributed by atoms with E-state index in [-0.39, 0.29) is 34.8 Å². The summed E-state index contributed by atoms with van der Waals surface area (Å²) >= 11 is 0.